The van der Waals surface area contributed by atoms with E-state index in [0.717, 1.165) is 24.2 Å². The molecule has 3 rings (SSSR count). The topological polar surface area (TPSA) is 73.0 Å². The molecule has 1 saturated carbocycles. The summed E-state index contributed by atoms with van der Waals surface area (Å²) in [5.74, 6) is 0.518. The van der Waals surface area contributed by atoms with Crippen molar-refractivity contribution in [1.82, 2.24) is 20.0 Å². The van der Waals surface area contributed by atoms with Crippen LogP contribution in [0.4, 0.5) is 0 Å². The largest absolute Gasteiger partial charge is 0.355 e. The van der Waals surface area contributed by atoms with Crippen LogP contribution in [0.25, 0.3) is 0 Å². The number of hydrogen-bond acceptors (Lipinski definition) is 5. The summed E-state index contributed by atoms with van der Waals surface area (Å²) < 4.78 is 0. The van der Waals surface area contributed by atoms with E-state index < -0.39 is 0 Å². The first-order valence-corrected chi connectivity index (χ1v) is 13.2. The standard InChI is InChI=1S/C25H38N4O3S/c1-3-13-26-23(30)18-28-14-16-29(17-15-28)25(32)21-11-7-8-12-22(21)33-19-24(31)27(2)20-9-5-4-6-10-20/h7-8,11-12,20H,3-6,9-10,13-19H2,1-2H3,(H,26,30). The van der Waals surface area contributed by atoms with Crippen molar-refractivity contribution < 1.29 is 14.4 Å². The summed E-state index contributed by atoms with van der Waals surface area (Å²) in [7, 11) is 1.91. The van der Waals surface area contributed by atoms with E-state index in [2.05, 4.69) is 10.2 Å². The van der Waals surface area contributed by atoms with Crippen molar-refractivity contribution in [3.05, 3.63) is 29.8 Å². The molecular formula is C25H38N4O3S. The average molecular weight is 475 g/mol. The van der Waals surface area contributed by atoms with Crippen molar-refractivity contribution >= 4 is 29.5 Å². The lowest BCUT2D eigenvalue weighted by Crippen LogP contribution is -2.51. The molecule has 0 bridgehead atoms. The van der Waals surface area contributed by atoms with Crippen molar-refractivity contribution in [1.29, 1.82) is 0 Å². The Labute approximate surface area is 202 Å². The molecule has 0 unspecified atom stereocenters. The molecule has 2 aliphatic rings. The molecule has 1 aliphatic carbocycles. The molecule has 1 aromatic carbocycles. The Morgan fingerprint density at radius 3 is 2.45 bits per heavy atom. The van der Waals surface area contributed by atoms with Crippen LogP contribution < -0.4 is 5.32 Å². The van der Waals surface area contributed by atoms with E-state index in [0.29, 0.717) is 56.6 Å². The monoisotopic (exact) mass is 474 g/mol. The lowest BCUT2D eigenvalue weighted by molar-refractivity contribution is -0.129. The van der Waals surface area contributed by atoms with Gasteiger partial charge in [-0.05, 0) is 31.4 Å². The van der Waals surface area contributed by atoms with Gasteiger partial charge in [0.1, 0.15) is 0 Å². The Kier molecular flexibility index (Phi) is 10.1. The summed E-state index contributed by atoms with van der Waals surface area (Å²) in [6.07, 6.45) is 6.77. The SMILES string of the molecule is CCCNC(=O)CN1CCN(C(=O)c2ccccc2SCC(=O)N(C)C2CCCCC2)CC1. The maximum atomic E-state index is 13.2. The number of carbonyl (C=O) groups excluding carboxylic acids is 3. The zero-order valence-corrected chi connectivity index (χ0v) is 20.9. The van der Waals surface area contributed by atoms with E-state index in [-0.39, 0.29) is 17.7 Å². The van der Waals surface area contributed by atoms with Crippen LogP contribution in [0.5, 0.6) is 0 Å². The molecule has 1 saturated heterocycles. The molecule has 1 N–H and O–H groups in total. The molecule has 0 radical (unpaired) electrons. The Bertz CT molecular complexity index is 805. The highest BCUT2D eigenvalue weighted by Crippen LogP contribution is 2.26. The van der Waals surface area contributed by atoms with Crippen molar-refractivity contribution in [2.45, 2.75) is 56.4 Å². The molecule has 0 spiro atoms. The minimum atomic E-state index is 0.00117. The summed E-state index contributed by atoms with van der Waals surface area (Å²) in [5, 5.41) is 2.90. The summed E-state index contributed by atoms with van der Waals surface area (Å²) in [4.78, 5) is 44.7. The lowest BCUT2D eigenvalue weighted by Gasteiger charge is -2.34. The van der Waals surface area contributed by atoms with Gasteiger partial charge in [0.25, 0.3) is 5.91 Å². The van der Waals surface area contributed by atoms with Gasteiger partial charge in [0, 0.05) is 50.7 Å². The highest BCUT2D eigenvalue weighted by Gasteiger charge is 2.26. The van der Waals surface area contributed by atoms with E-state index in [4.69, 9.17) is 0 Å². The normalized spacial score (nSPS) is 17.6. The van der Waals surface area contributed by atoms with Crippen molar-refractivity contribution in [3.8, 4) is 0 Å². The number of hydrogen-bond donors (Lipinski definition) is 1. The number of nitrogens with one attached hydrogen (secondary N) is 1. The van der Waals surface area contributed by atoms with Crippen LogP contribution >= 0.6 is 11.8 Å². The van der Waals surface area contributed by atoms with Crippen LogP contribution in [0.3, 0.4) is 0 Å². The fourth-order valence-electron chi connectivity index (χ4n) is 4.49. The number of nitrogens with zero attached hydrogens (tertiary/aromatic N) is 3. The second-order valence-electron chi connectivity index (χ2n) is 9.00. The summed E-state index contributed by atoms with van der Waals surface area (Å²) in [6, 6.07) is 7.93. The summed E-state index contributed by atoms with van der Waals surface area (Å²) in [6.45, 7) is 5.68. The lowest BCUT2D eigenvalue weighted by atomic mass is 9.94. The first-order valence-electron chi connectivity index (χ1n) is 12.3. The van der Waals surface area contributed by atoms with E-state index in [1.165, 1.54) is 31.0 Å². The minimum absolute atomic E-state index is 0.00117. The van der Waals surface area contributed by atoms with Crippen LogP contribution in [0, 0.1) is 0 Å². The van der Waals surface area contributed by atoms with E-state index in [9.17, 15) is 14.4 Å². The third-order valence-electron chi connectivity index (χ3n) is 6.58. The highest BCUT2D eigenvalue weighted by atomic mass is 32.2. The number of rotatable bonds is 9. The van der Waals surface area contributed by atoms with Crippen molar-refractivity contribution in [2.75, 3.05) is 52.1 Å². The fraction of sp³-hybridized carbons (Fsp3) is 0.640. The Balaban J connectivity index is 1.51. The molecule has 0 aromatic heterocycles. The van der Waals surface area contributed by atoms with Crippen molar-refractivity contribution in [2.24, 2.45) is 0 Å². The second kappa shape index (κ2) is 13.0. The van der Waals surface area contributed by atoms with Gasteiger partial charge in [0.2, 0.25) is 11.8 Å². The first-order chi connectivity index (χ1) is 16.0. The summed E-state index contributed by atoms with van der Waals surface area (Å²) in [5.41, 5.74) is 0.657. The molecule has 33 heavy (non-hydrogen) atoms. The predicted molar refractivity (Wildman–Crippen MR) is 132 cm³/mol. The zero-order valence-electron chi connectivity index (χ0n) is 20.1. The van der Waals surface area contributed by atoms with Crippen LogP contribution in [-0.4, -0.2) is 90.5 Å². The molecule has 3 amide bonds. The van der Waals surface area contributed by atoms with Crippen LogP contribution in [0.2, 0.25) is 0 Å². The van der Waals surface area contributed by atoms with Gasteiger partial charge in [0.05, 0.1) is 17.9 Å². The number of benzene rings is 1. The molecule has 0 atom stereocenters. The molecule has 1 aromatic rings. The minimum Gasteiger partial charge on any atom is -0.355 e. The van der Waals surface area contributed by atoms with Gasteiger partial charge >= 0.3 is 0 Å². The van der Waals surface area contributed by atoms with Crippen molar-refractivity contribution in [3.63, 3.8) is 0 Å². The zero-order chi connectivity index (χ0) is 23.6. The first kappa shape index (κ1) is 25.6. The van der Waals surface area contributed by atoms with Crippen LogP contribution in [0.15, 0.2) is 29.2 Å². The third-order valence-corrected chi connectivity index (χ3v) is 7.64. The maximum Gasteiger partial charge on any atom is 0.255 e. The number of piperazine rings is 1. The van der Waals surface area contributed by atoms with E-state index >= 15 is 0 Å². The van der Waals surface area contributed by atoms with Gasteiger partial charge in [-0.15, -0.1) is 11.8 Å². The Morgan fingerprint density at radius 1 is 1.06 bits per heavy atom. The maximum absolute atomic E-state index is 13.2. The Hall–Kier alpha value is -2.06. The molecule has 182 valence electrons. The average Bonchev–Trinajstić information content (AvgIpc) is 2.86. The molecule has 8 heteroatoms. The quantitative estimate of drug-likeness (QED) is 0.557. The molecule has 7 nitrogen and oxygen atoms in total. The fourth-order valence-corrected chi connectivity index (χ4v) is 5.45. The van der Waals surface area contributed by atoms with Gasteiger partial charge in [0.15, 0.2) is 0 Å². The number of amides is 3. The number of thioether (sulfide) groups is 1. The van der Waals surface area contributed by atoms with Gasteiger partial charge < -0.3 is 15.1 Å². The molecular weight excluding hydrogens is 436 g/mol. The van der Waals surface area contributed by atoms with Crippen LogP contribution in [0.1, 0.15) is 55.8 Å². The van der Waals surface area contributed by atoms with Gasteiger partial charge in [-0.3, -0.25) is 19.3 Å². The molecule has 1 heterocycles. The van der Waals surface area contributed by atoms with Gasteiger partial charge in [-0.25, -0.2) is 0 Å². The second-order valence-corrected chi connectivity index (χ2v) is 10.0. The smallest absolute Gasteiger partial charge is 0.255 e. The third kappa shape index (κ3) is 7.47. The predicted octanol–water partition coefficient (Wildman–Crippen LogP) is 2.85. The van der Waals surface area contributed by atoms with Gasteiger partial charge in [-0.1, -0.05) is 38.3 Å². The number of carbonyl (C=O) groups is 3. The van der Waals surface area contributed by atoms with Gasteiger partial charge in [-0.2, -0.15) is 0 Å². The highest BCUT2D eigenvalue weighted by molar-refractivity contribution is 8.00. The summed E-state index contributed by atoms with van der Waals surface area (Å²) >= 11 is 1.45. The molecule has 2 fully saturated rings. The van der Waals surface area contributed by atoms with E-state index in [1.54, 1.807) is 0 Å². The van der Waals surface area contributed by atoms with E-state index in [1.807, 2.05) is 48.0 Å². The van der Waals surface area contributed by atoms with Crippen LogP contribution in [-0.2, 0) is 9.59 Å². The Morgan fingerprint density at radius 2 is 1.76 bits per heavy atom. The molecule has 1 aliphatic heterocycles.